The van der Waals surface area contributed by atoms with Crippen molar-refractivity contribution in [1.29, 1.82) is 0 Å². The number of hydrogen-bond acceptors (Lipinski definition) is 5. The minimum atomic E-state index is -3.90. The summed E-state index contributed by atoms with van der Waals surface area (Å²) in [6.45, 7) is 2.00. The first-order valence-electron chi connectivity index (χ1n) is 10.9. The molecular weight excluding hydrogens is 472 g/mol. The van der Waals surface area contributed by atoms with Gasteiger partial charge in [-0.25, -0.2) is 21.6 Å². The van der Waals surface area contributed by atoms with Gasteiger partial charge in [-0.2, -0.15) is 0 Å². The van der Waals surface area contributed by atoms with Gasteiger partial charge in [-0.15, -0.1) is 0 Å². The minimum Gasteiger partial charge on any atom is -0.341 e. The van der Waals surface area contributed by atoms with Crippen LogP contribution in [0.2, 0.25) is 0 Å². The molecule has 0 spiro atoms. The topological polar surface area (TPSA) is 109 Å². The average molecular weight is 499 g/mol. The first-order chi connectivity index (χ1) is 16.1. The van der Waals surface area contributed by atoms with Crippen molar-refractivity contribution in [3.63, 3.8) is 0 Å². The Morgan fingerprint density at radius 2 is 1.53 bits per heavy atom. The number of benzene rings is 3. The summed E-state index contributed by atoms with van der Waals surface area (Å²) in [5.41, 5.74) is 3.28. The molecule has 1 saturated heterocycles. The molecule has 0 aromatic heterocycles. The van der Waals surface area contributed by atoms with Gasteiger partial charge in [0.2, 0.25) is 10.0 Å². The van der Waals surface area contributed by atoms with E-state index >= 15 is 0 Å². The van der Waals surface area contributed by atoms with Crippen LogP contribution in [-0.2, 0) is 19.9 Å². The van der Waals surface area contributed by atoms with Crippen molar-refractivity contribution in [3.8, 4) is 0 Å². The van der Waals surface area contributed by atoms with Gasteiger partial charge in [0.15, 0.2) is 9.84 Å². The van der Waals surface area contributed by atoms with E-state index in [1.165, 1.54) is 24.3 Å². The van der Waals surface area contributed by atoms with Crippen molar-refractivity contribution in [3.05, 3.63) is 101 Å². The molecule has 1 fully saturated rings. The van der Waals surface area contributed by atoms with Crippen LogP contribution in [0.25, 0.3) is 0 Å². The van der Waals surface area contributed by atoms with Gasteiger partial charge < -0.3 is 5.32 Å². The van der Waals surface area contributed by atoms with Gasteiger partial charge in [0.1, 0.15) is 0 Å². The SMILES string of the molecule is Cc1ccc(C(NC(=O)c2ccc(S(=O)(=O)NC3CCS(=O)(=O)C3)cc2)c2ccccc2)cc1. The quantitative estimate of drug-likeness (QED) is 0.521. The number of nitrogens with one attached hydrogen (secondary N) is 2. The molecule has 1 heterocycles. The van der Waals surface area contributed by atoms with E-state index in [1.54, 1.807) is 0 Å². The van der Waals surface area contributed by atoms with Gasteiger partial charge in [0.25, 0.3) is 5.91 Å². The van der Waals surface area contributed by atoms with Crippen LogP contribution in [0.3, 0.4) is 0 Å². The monoisotopic (exact) mass is 498 g/mol. The highest BCUT2D eigenvalue weighted by Gasteiger charge is 2.31. The molecule has 0 radical (unpaired) electrons. The molecule has 1 aliphatic rings. The molecule has 0 bridgehead atoms. The number of hydrogen-bond donors (Lipinski definition) is 2. The van der Waals surface area contributed by atoms with Crippen molar-refractivity contribution >= 4 is 25.8 Å². The van der Waals surface area contributed by atoms with Crippen molar-refractivity contribution < 1.29 is 21.6 Å². The van der Waals surface area contributed by atoms with Crippen LogP contribution in [-0.4, -0.2) is 40.3 Å². The Labute approximate surface area is 200 Å². The van der Waals surface area contributed by atoms with Crippen LogP contribution in [0, 0.1) is 6.92 Å². The number of rotatable bonds is 7. The fourth-order valence-corrected chi connectivity index (χ4v) is 6.99. The normalized spacial score (nSPS) is 18.3. The summed E-state index contributed by atoms with van der Waals surface area (Å²) in [6.07, 6.45) is 0.252. The average Bonchev–Trinajstić information content (AvgIpc) is 3.16. The van der Waals surface area contributed by atoms with Gasteiger partial charge in [0.05, 0.1) is 22.4 Å². The maximum atomic E-state index is 13.0. The molecular formula is C25H26N2O5S2. The second kappa shape index (κ2) is 9.69. The Morgan fingerprint density at radius 1 is 0.912 bits per heavy atom. The predicted octanol–water partition coefficient (Wildman–Crippen LogP) is 2.98. The molecule has 9 heteroatoms. The van der Waals surface area contributed by atoms with Crippen molar-refractivity contribution in [2.24, 2.45) is 0 Å². The van der Waals surface area contributed by atoms with Crippen molar-refractivity contribution in [2.45, 2.75) is 30.3 Å². The van der Waals surface area contributed by atoms with E-state index in [1.807, 2.05) is 61.5 Å². The molecule has 178 valence electrons. The Bertz CT molecular complexity index is 1370. The molecule has 1 amide bonds. The van der Waals surface area contributed by atoms with Crippen LogP contribution >= 0.6 is 0 Å². The Hall–Kier alpha value is -3.01. The summed E-state index contributed by atoms with van der Waals surface area (Å²) in [5.74, 6) is -0.566. The molecule has 34 heavy (non-hydrogen) atoms. The van der Waals surface area contributed by atoms with Gasteiger partial charge in [0, 0.05) is 11.6 Å². The fourth-order valence-electron chi connectivity index (χ4n) is 3.94. The summed E-state index contributed by atoms with van der Waals surface area (Å²) in [7, 11) is -7.10. The lowest BCUT2D eigenvalue weighted by Gasteiger charge is -2.20. The molecule has 3 aromatic carbocycles. The van der Waals surface area contributed by atoms with Crippen LogP contribution in [0.1, 0.15) is 39.5 Å². The summed E-state index contributed by atoms with van der Waals surface area (Å²) in [5, 5.41) is 3.04. The zero-order valence-electron chi connectivity index (χ0n) is 18.6. The summed E-state index contributed by atoms with van der Waals surface area (Å²) < 4.78 is 51.0. The predicted molar refractivity (Wildman–Crippen MR) is 131 cm³/mol. The number of carbonyl (C=O) groups is 1. The van der Waals surface area contributed by atoms with Crippen LogP contribution in [0.15, 0.2) is 83.8 Å². The van der Waals surface area contributed by atoms with Gasteiger partial charge in [-0.05, 0) is 48.7 Å². The lowest BCUT2D eigenvalue weighted by atomic mass is 9.97. The van der Waals surface area contributed by atoms with E-state index in [2.05, 4.69) is 10.0 Å². The van der Waals surface area contributed by atoms with Gasteiger partial charge >= 0.3 is 0 Å². The van der Waals surface area contributed by atoms with Crippen LogP contribution in [0.5, 0.6) is 0 Å². The smallest absolute Gasteiger partial charge is 0.252 e. The zero-order chi connectivity index (χ0) is 24.3. The van der Waals surface area contributed by atoms with E-state index in [4.69, 9.17) is 0 Å². The van der Waals surface area contributed by atoms with E-state index in [-0.39, 0.29) is 34.8 Å². The van der Waals surface area contributed by atoms with E-state index in [0.29, 0.717) is 5.56 Å². The zero-order valence-corrected chi connectivity index (χ0v) is 20.3. The number of amides is 1. The number of sulfonamides is 1. The molecule has 0 aliphatic carbocycles. The summed E-state index contributed by atoms with van der Waals surface area (Å²) >= 11 is 0. The Kier molecular flexibility index (Phi) is 6.88. The minimum absolute atomic E-state index is 0.0218. The standard InChI is InChI=1S/C25H26N2O5S2/c1-18-7-9-20(10-8-18)24(19-5-3-2-4-6-19)26-25(28)21-11-13-23(14-12-21)34(31,32)27-22-15-16-33(29,30)17-22/h2-14,22,24,27H,15-17H2,1H3,(H,26,28). The third kappa shape index (κ3) is 5.72. The summed E-state index contributed by atoms with van der Waals surface area (Å²) in [6, 6.07) is 22.1. The second-order valence-electron chi connectivity index (χ2n) is 8.47. The number of sulfone groups is 1. The third-order valence-electron chi connectivity index (χ3n) is 5.80. The van der Waals surface area contributed by atoms with Crippen molar-refractivity contribution in [2.75, 3.05) is 11.5 Å². The van der Waals surface area contributed by atoms with Crippen LogP contribution < -0.4 is 10.0 Å². The maximum Gasteiger partial charge on any atom is 0.252 e. The second-order valence-corrected chi connectivity index (χ2v) is 12.4. The van der Waals surface area contributed by atoms with Crippen LogP contribution in [0.4, 0.5) is 0 Å². The number of aryl methyl sites for hydroxylation is 1. The van der Waals surface area contributed by atoms with E-state index in [0.717, 1.165) is 16.7 Å². The third-order valence-corrected chi connectivity index (χ3v) is 9.10. The molecule has 3 aromatic rings. The van der Waals surface area contributed by atoms with E-state index in [9.17, 15) is 21.6 Å². The first-order valence-corrected chi connectivity index (χ1v) is 14.2. The number of carbonyl (C=O) groups excluding carboxylic acids is 1. The Balaban J connectivity index is 1.51. The lowest BCUT2D eigenvalue weighted by molar-refractivity contribution is 0.0943. The molecule has 2 atom stereocenters. The highest BCUT2D eigenvalue weighted by molar-refractivity contribution is 7.92. The van der Waals surface area contributed by atoms with Gasteiger partial charge in [-0.1, -0.05) is 60.2 Å². The molecule has 7 nitrogen and oxygen atoms in total. The molecule has 0 saturated carbocycles. The summed E-state index contributed by atoms with van der Waals surface area (Å²) in [4.78, 5) is 13.0. The highest BCUT2D eigenvalue weighted by atomic mass is 32.2. The fraction of sp³-hybridized carbons (Fsp3) is 0.240. The Morgan fingerprint density at radius 3 is 2.12 bits per heavy atom. The van der Waals surface area contributed by atoms with Gasteiger partial charge in [-0.3, -0.25) is 4.79 Å². The van der Waals surface area contributed by atoms with E-state index < -0.39 is 25.9 Å². The molecule has 1 aliphatic heterocycles. The molecule has 2 N–H and O–H groups in total. The maximum absolute atomic E-state index is 13.0. The largest absolute Gasteiger partial charge is 0.341 e. The lowest BCUT2D eigenvalue weighted by Crippen LogP contribution is -2.35. The first kappa shape index (κ1) is 24.1. The van der Waals surface area contributed by atoms with Crippen molar-refractivity contribution in [1.82, 2.24) is 10.0 Å². The highest BCUT2D eigenvalue weighted by Crippen LogP contribution is 2.23. The molecule has 2 unspecified atom stereocenters. The molecule has 4 rings (SSSR count).